The van der Waals surface area contributed by atoms with Gasteiger partial charge in [0.15, 0.2) is 5.78 Å². The van der Waals surface area contributed by atoms with E-state index >= 15 is 0 Å². The highest BCUT2D eigenvalue weighted by atomic mass is 16.5. The maximum absolute atomic E-state index is 13.8. The first kappa shape index (κ1) is 25.7. The number of rotatable bonds is 9. The lowest BCUT2D eigenvalue weighted by Crippen LogP contribution is -2.56. The predicted octanol–water partition coefficient (Wildman–Crippen LogP) is 4.51. The van der Waals surface area contributed by atoms with Crippen LogP contribution in [0.15, 0.2) is 48.7 Å². The van der Waals surface area contributed by atoms with Gasteiger partial charge in [-0.25, -0.2) is 4.79 Å². The number of hydrogen-bond acceptors (Lipinski definition) is 5. The maximum Gasteiger partial charge on any atom is 0.321 e. The molecule has 1 aliphatic heterocycles. The number of carbonyl (C=O) groups is 2. The van der Waals surface area contributed by atoms with Gasteiger partial charge >= 0.3 is 6.03 Å². The highest BCUT2D eigenvalue weighted by Crippen LogP contribution is 2.49. The van der Waals surface area contributed by atoms with E-state index in [-0.39, 0.29) is 35.9 Å². The molecule has 1 aromatic heterocycles. The molecule has 37 heavy (non-hydrogen) atoms. The summed E-state index contributed by atoms with van der Waals surface area (Å²) in [6.45, 7) is 1.59. The van der Waals surface area contributed by atoms with Gasteiger partial charge in [0, 0.05) is 30.9 Å². The number of carbonyl (C=O) groups excluding carboxylic acids is 2. The molecule has 198 valence electrons. The van der Waals surface area contributed by atoms with Crippen LogP contribution >= 0.6 is 0 Å². The summed E-state index contributed by atoms with van der Waals surface area (Å²) in [4.78, 5) is 37.5. The fraction of sp³-hybridized carbons (Fsp3) is 0.567. The zero-order chi connectivity index (χ0) is 26.0. The molecule has 2 amide bonds. The molecule has 0 atom stereocenters. The van der Waals surface area contributed by atoms with Crippen molar-refractivity contribution in [2.24, 2.45) is 5.92 Å². The summed E-state index contributed by atoms with van der Waals surface area (Å²) in [5, 5.41) is 0. The van der Waals surface area contributed by atoms with Gasteiger partial charge < -0.3 is 14.5 Å². The maximum atomic E-state index is 13.8. The summed E-state index contributed by atoms with van der Waals surface area (Å²) < 4.78 is 5.27. The number of amides is 2. The molecular weight excluding hydrogens is 464 g/mol. The fourth-order valence-electron chi connectivity index (χ4n) is 6.66. The van der Waals surface area contributed by atoms with Crippen LogP contribution < -0.4 is 4.74 Å². The number of aromatic nitrogens is 1. The molecule has 3 aliphatic rings. The average molecular weight is 505 g/mol. The molecular formula is C30H40N4O3. The van der Waals surface area contributed by atoms with Crippen LogP contribution in [0.1, 0.15) is 56.2 Å². The van der Waals surface area contributed by atoms with Crippen molar-refractivity contribution in [2.45, 2.75) is 62.4 Å². The first-order chi connectivity index (χ1) is 17.8. The second-order valence-electron chi connectivity index (χ2n) is 11.5. The van der Waals surface area contributed by atoms with Crippen molar-refractivity contribution in [3.05, 3.63) is 59.9 Å². The molecule has 1 spiro atoms. The summed E-state index contributed by atoms with van der Waals surface area (Å²) in [5.41, 5.74) is 1.80. The highest BCUT2D eigenvalue weighted by molar-refractivity contribution is 5.88. The topological polar surface area (TPSA) is 66.0 Å². The van der Waals surface area contributed by atoms with Crippen molar-refractivity contribution in [3.8, 4) is 5.75 Å². The van der Waals surface area contributed by atoms with Gasteiger partial charge in [-0.1, -0.05) is 36.8 Å². The molecule has 2 saturated carbocycles. The first-order valence-electron chi connectivity index (χ1n) is 13.7. The zero-order valence-corrected chi connectivity index (χ0v) is 22.5. The molecule has 1 saturated heterocycles. The van der Waals surface area contributed by atoms with E-state index in [1.54, 1.807) is 25.4 Å². The Balaban J connectivity index is 1.33. The molecule has 0 radical (unpaired) electrons. The van der Waals surface area contributed by atoms with Crippen molar-refractivity contribution < 1.29 is 14.3 Å². The molecule has 1 aromatic carbocycles. The van der Waals surface area contributed by atoms with E-state index in [9.17, 15) is 9.59 Å². The number of ether oxygens (including phenoxy) is 1. The summed E-state index contributed by atoms with van der Waals surface area (Å²) in [7, 11) is 5.95. The van der Waals surface area contributed by atoms with Crippen molar-refractivity contribution in [1.82, 2.24) is 19.7 Å². The number of ketones is 1. The van der Waals surface area contributed by atoms with Crippen molar-refractivity contribution in [3.63, 3.8) is 0 Å². The second kappa shape index (κ2) is 10.4. The van der Waals surface area contributed by atoms with Gasteiger partial charge in [-0.15, -0.1) is 0 Å². The standard InChI is InChI=1S/C30H40N4O3/c1-32(2)30(24-10-5-4-6-11-24)15-13-29(14-16-30)22-33(28(36)34(29)20-23-8-7-9-23)21-26(35)18-25-19-27(37-3)12-17-31-25/h4-6,10-12,17,19,23H,7-9,13-16,18,20-22H2,1-3H3. The van der Waals surface area contributed by atoms with Crippen LogP contribution in [-0.2, 0) is 16.8 Å². The molecule has 2 aromatic rings. The minimum atomic E-state index is -0.199. The third-order valence-corrected chi connectivity index (χ3v) is 9.17. The Morgan fingerprint density at radius 2 is 1.84 bits per heavy atom. The minimum Gasteiger partial charge on any atom is -0.497 e. The van der Waals surface area contributed by atoms with E-state index in [0.29, 0.717) is 23.9 Å². The highest BCUT2D eigenvalue weighted by Gasteiger charge is 2.55. The van der Waals surface area contributed by atoms with E-state index in [0.717, 1.165) is 32.2 Å². The zero-order valence-electron chi connectivity index (χ0n) is 22.5. The van der Waals surface area contributed by atoms with Crippen LogP contribution in [0, 0.1) is 5.92 Å². The van der Waals surface area contributed by atoms with Crippen molar-refractivity contribution in [1.29, 1.82) is 0 Å². The summed E-state index contributed by atoms with van der Waals surface area (Å²) in [6.07, 6.45) is 9.40. The molecule has 3 fully saturated rings. The van der Waals surface area contributed by atoms with Gasteiger partial charge in [0.25, 0.3) is 0 Å². The van der Waals surface area contributed by atoms with Crippen LogP contribution in [0.25, 0.3) is 0 Å². The number of urea groups is 1. The fourth-order valence-corrected chi connectivity index (χ4v) is 6.66. The van der Waals surface area contributed by atoms with E-state index < -0.39 is 0 Å². The van der Waals surface area contributed by atoms with E-state index in [4.69, 9.17) is 4.74 Å². The van der Waals surface area contributed by atoms with Crippen molar-refractivity contribution >= 4 is 11.8 Å². The average Bonchev–Trinajstić information content (AvgIpc) is 3.12. The Labute approximate surface area is 220 Å². The Kier molecular flexibility index (Phi) is 7.26. The van der Waals surface area contributed by atoms with Gasteiger partial charge in [0.05, 0.1) is 31.3 Å². The van der Waals surface area contributed by atoms with Gasteiger partial charge in [-0.3, -0.25) is 14.7 Å². The van der Waals surface area contributed by atoms with Gasteiger partial charge in [0.2, 0.25) is 0 Å². The molecule has 0 N–H and O–H groups in total. The molecule has 0 bridgehead atoms. The quantitative estimate of drug-likeness (QED) is 0.503. The number of nitrogens with zero attached hydrogens (tertiary/aromatic N) is 4. The van der Waals surface area contributed by atoms with Crippen LogP contribution in [0.3, 0.4) is 0 Å². The number of benzene rings is 1. The third-order valence-electron chi connectivity index (χ3n) is 9.17. The molecule has 2 aliphatic carbocycles. The summed E-state index contributed by atoms with van der Waals surface area (Å²) >= 11 is 0. The van der Waals surface area contributed by atoms with E-state index in [2.05, 4.69) is 59.2 Å². The summed E-state index contributed by atoms with van der Waals surface area (Å²) in [6, 6.07) is 14.4. The monoisotopic (exact) mass is 504 g/mol. The number of methoxy groups -OCH3 is 1. The largest absolute Gasteiger partial charge is 0.497 e. The van der Waals surface area contributed by atoms with Gasteiger partial charge in [-0.2, -0.15) is 0 Å². The molecule has 5 rings (SSSR count). The smallest absolute Gasteiger partial charge is 0.321 e. The summed E-state index contributed by atoms with van der Waals surface area (Å²) in [5.74, 6) is 1.29. The molecule has 7 nitrogen and oxygen atoms in total. The number of pyridine rings is 1. The van der Waals surface area contributed by atoms with Crippen molar-refractivity contribution in [2.75, 3.05) is 40.8 Å². The number of hydrogen-bond donors (Lipinski definition) is 0. The third kappa shape index (κ3) is 4.98. The first-order valence-corrected chi connectivity index (χ1v) is 13.7. The molecule has 7 heteroatoms. The van der Waals surface area contributed by atoms with Crippen LogP contribution in [0.4, 0.5) is 4.79 Å². The van der Waals surface area contributed by atoms with Crippen LogP contribution in [0.5, 0.6) is 5.75 Å². The second-order valence-corrected chi connectivity index (χ2v) is 11.5. The van der Waals surface area contributed by atoms with Crippen LogP contribution in [0.2, 0.25) is 0 Å². The normalized spacial score (nSPS) is 26.1. The van der Waals surface area contributed by atoms with E-state index in [1.165, 1.54) is 24.8 Å². The van der Waals surface area contributed by atoms with Gasteiger partial charge in [0.1, 0.15) is 5.75 Å². The Morgan fingerprint density at radius 1 is 1.11 bits per heavy atom. The SMILES string of the molecule is COc1ccnc(CC(=O)CN2CC3(CCC(c4ccccc4)(N(C)C)CC3)N(CC3CCC3)C2=O)c1. The van der Waals surface area contributed by atoms with E-state index in [1.807, 2.05) is 4.90 Å². The number of Topliss-reactive ketones (excluding diaryl/α,β-unsaturated/α-hetero) is 1. The lowest BCUT2D eigenvalue weighted by Gasteiger charge is -2.51. The lowest BCUT2D eigenvalue weighted by atomic mass is 9.68. The van der Waals surface area contributed by atoms with Gasteiger partial charge in [-0.05, 0) is 70.2 Å². The minimum absolute atomic E-state index is 0.0116. The Morgan fingerprint density at radius 3 is 2.46 bits per heavy atom. The molecule has 0 unspecified atom stereocenters. The Bertz CT molecular complexity index is 1110. The lowest BCUT2D eigenvalue weighted by molar-refractivity contribution is -0.119. The van der Waals surface area contributed by atoms with Crippen LogP contribution in [-0.4, -0.2) is 77.9 Å². The molecule has 2 heterocycles. The Hall–Kier alpha value is -2.93. The predicted molar refractivity (Wildman–Crippen MR) is 144 cm³/mol.